The summed E-state index contributed by atoms with van der Waals surface area (Å²) in [5.41, 5.74) is 2.92. The lowest BCUT2D eigenvalue weighted by Crippen LogP contribution is -2.46. The van der Waals surface area contributed by atoms with Crippen LogP contribution in [0.4, 0.5) is 5.69 Å². The Morgan fingerprint density at radius 3 is 2.82 bits per heavy atom. The number of benzene rings is 1. The standard InChI is InChI=1S/C15H24N2/c1-12-6-5-7-14(10-12)17-11-13(2)16-9-8-15(17,3)4/h5-7,10,13,16H,8-9,11H2,1-4H3. The highest BCUT2D eigenvalue weighted by atomic mass is 15.2. The summed E-state index contributed by atoms with van der Waals surface area (Å²) in [6.45, 7) is 11.3. The van der Waals surface area contributed by atoms with Crippen molar-refractivity contribution in [3.05, 3.63) is 29.8 Å². The second-order valence-electron chi connectivity index (χ2n) is 5.87. The van der Waals surface area contributed by atoms with E-state index in [0.29, 0.717) is 6.04 Å². The second kappa shape index (κ2) is 4.69. The van der Waals surface area contributed by atoms with Crippen molar-refractivity contribution >= 4 is 5.69 Å². The van der Waals surface area contributed by atoms with Gasteiger partial charge in [0.2, 0.25) is 0 Å². The molecule has 17 heavy (non-hydrogen) atoms. The molecule has 2 rings (SSSR count). The van der Waals surface area contributed by atoms with Gasteiger partial charge in [0.05, 0.1) is 0 Å². The highest BCUT2D eigenvalue weighted by molar-refractivity contribution is 5.51. The first-order valence-corrected chi connectivity index (χ1v) is 6.57. The Morgan fingerprint density at radius 2 is 2.12 bits per heavy atom. The number of aryl methyl sites for hydroxylation is 1. The van der Waals surface area contributed by atoms with E-state index in [2.05, 4.69) is 62.2 Å². The number of rotatable bonds is 1. The Balaban J connectivity index is 2.32. The molecule has 0 aromatic heterocycles. The van der Waals surface area contributed by atoms with Gasteiger partial charge in [-0.2, -0.15) is 0 Å². The van der Waals surface area contributed by atoms with E-state index in [1.807, 2.05) is 0 Å². The van der Waals surface area contributed by atoms with E-state index in [9.17, 15) is 0 Å². The van der Waals surface area contributed by atoms with Gasteiger partial charge >= 0.3 is 0 Å². The third-order valence-corrected chi connectivity index (χ3v) is 3.73. The molecule has 1 aromatic rings. The molecule has 94 valence electrons. The minimum Gasteiger partial charge on any atom is -0.365 e. The normalized spacial score (nSPS) is 24.5. The monoisotopic (exact) mass is 232 g/mol. The number of anilines is 1. The maximum absolute atomic E-state index is 3.57. The van der Waals surface area contributed by atoms with Crippen molar-refractivity contribution in [3.63, 3.8) is 0 Å². The first-order chi connectivity index (χ1) is 7.99. The average molecular weight is 232 g/mol. The van der Waals surface area contributed by atoms with E-state index in [1.165, 1.54) is 17.7 Å². The first kappa shape index (κ1) is 12.4. The van der Waals surface area contributed by atoms with Gasteiger partial charge in [-0.15, -0.1) is 0 Å². The van der Waals surface area contributed by atoms with Crippen molar-refractivity contribution in [2.45, 2.75) is 45.7 Å². The number of nitrogens with one attached hydrogen (secondary N) is 1. The molecule has 2 heteroatoms. The summed E-state index contributed by atoms with van der Waals surface area (Å²) >= 11 is 0. The van der Waals surface area contributed by atoms with Crippen LogP contribution in [0.1, 0.15) is 32.8 Å². The summed E-state index contributed by atoms with van der Waals surface area (Å²) in [7, 11) is 0. The minimum absolute atomic E-state index is 0.228. The molecule has 1 aromatic carbocycles. The van der Waals surface area contributed by atoms with Crippen LogP contribution >= 0.6 is 0 Å². The van der Waals surface area contributed by atoms with E-state index in [4.69, 9.17) is 0 Å². The molecule has 1 saturated heterocycles. The average Bonchev–Trinajstić information content (AvgIpc) is 2.37. The molecular weight excluding hydrogens is 208 g/mol. The van der Waals surface area contributed by atoms with Crippen molar-refractivity contribution in [3.8, 4) is 0 Å². The summed E-state index contributed by atoms with van der Waals surface area (Å²) in [6.07, 6.45) is 1.19. The van der Waals surface area contributed by atoms with Gasteiger partial charge in [0.1, 0.15) is 0 Å². The summed E-state index contributed by atoms with van der Waals surface area (Å²) in [5.74, 6) is 0. The van der Waals surface area contributed by atoms with Crippen molar-refractivity contribution < 1.29 is 0 Å². The lowest BCUT2D eigenvalue weighted by molar-refractivity contribution is 0.453. The smallest absolute Gasteiger partial charge is 0.0373 e. The van der Waals surface area contributed by atoms with E-state index < -0.39 is 0 Å². The Hall–Kier alpha value is -1.02. The molecule has 0 saturated carbocycles. The first-order valence-electron chi connectivity index (χ1n) is 6.57. The second-order valence-corrected chi connectivity index (χ2v) is 5.87. The fourth-order valence-corrected chi connectivity index (χ4v) is 2.60. The van der Waals surface area contributed by atoms with Gasteiger partial charge in [-0.3, -0.25) is 0 Å². The molecule has 0 bridgehead atoms. The Morgan fingerprint density at radius 1 is 1.35 bits per heavy atom. The number of hydrogen-bond acceptors (Lipinski definition) is 2. The Bertz CT molecular complexity index is 384. The zero-order chi connectivity index (χ0) is 12.5. The van der Waals surface area contributed by atoms with Gasteiger partial charge in [-0.1, -0.05) is 12.1 Å². The minimum atomic E-state index is 0.228. The molecular formula is C15H24N2. The van der Waals surface area contributed by atoms with E-state index in [-0.39, 0.29) is 5.54 Å². The lowest BCUT2D eigenvalue weighted by atomic mass is 9.97. The fourth-order valence-electron chi connectivity index (χ4n) is 2.60. The molecule has 1 aliphatic heterocycles. The van der Waals surface area contributed by atoms with Crippen molar-refractivity contribution in [2.75, 3.05) is 18.0 Å². The molecule has 0 amide bonds. The maximum atomic E-state index is 3.57. The van der Waals surface area contributed by atoms with Crippen LogP contribution in [0.2, 0.25) is 0 Å². The van der Waals surface area contributed by atoms with Gasteiger partial charge < -0.3 is 10.2 Å². The zero-order valence-electron chi connectivity index (χ0n) is 11.5. The van der Waals surface area contributed by atoms with Crippen molar-refractivity contribution in [1.82, 2.24) is 5.32 Å². The summed E-state index contributed by atoms with van der Waals surface area (Å²) in [5, 5.41) is 3.57. The van der Waals surface area contributed by atoms with Crippen LogP contribution in [-0.2, 0) is 0 Å². The molecule has 0 spiro atoms. The molecule has 0 radical (unpaired) electrons. The maximum Gasteiger partial charge on any atom is 0.0373 e. The third-order valence-electron chi connectivity index (χ3n) is 3.73. The molecule has 2 nitrogen and oxygen atoms in total. The topological polar surface area (TPSA) is 15.3 Å². The molecule has 1 aliphatic rings. The number of nitrogens with zero attached hydrogens (tertiary/aromatic N) is 1. The van der Waals surface area contributed by atoms with Crippen LogP contribution in [-0.4, -0.2) is 24.7 Å². The van der Waals surface area contributed by atoms with Gasteiger partial charge in [0.25, 0.3) is 0 Å². The van der Waals surface area contributed by atoms with Crippen LogP contribution < -0.4 is 10.2 Å². The van der Waals surface area contributed by atoms with Gasteiger partial charge in [0, 0.05) is 23.8 Å². The quantitative estimate of drug-likeness (QED) is 0.801. The molecule has 1 fully saturated rings. The SMILES string of the molecule is Cc1cccc(N2CC(C)NCCC2(C)C)c1. The summed E-state index contributed by atoms with van der Waals surface area (Å²) in [4.78, 5) is 2.55. The lowest BCUT2D eigenvalue weighted by Gasteiger charge is -2.39. The predicted molar refractivity (Wildman–Crippen MR) is 74.7 cm³/mol. The molecule has 1 heterocycles. The van der Waals surface area contributed by atoms with E-state index in [0.717, 1.165) is 13.1 Å². The Labute approximate surface area is 105 Å². The van der Waals surface area contributed by atoms with Crippen LogP contribution in [0, 0.1) is 6.92 Å². The van der Waals surface area contributed by atoms with Crippen LogP contribution in [0.25, 0.3) is 0 Å². The summed E-state index contributed by atoms with van der Waals surface area (Å²) in [6, 6.07) is 9.39. The third kappa shape index (κ3) is 2.81. The molecule has 1 N–H and O–H groups in total. The summed E-state index contributed by atoms with van der Waals surface area (Å²) < 4.78 is 0. The van der Waals surface area contributed by atoms with E-state index in [1.54, 1.807) is 0 Å². The van der Waals surface area contributed by atoms with E-state index >= 15 is 0 Å². The highest BCUT2D eigenvalue weighted by Gasteiger charge is 2.30. The fraction of sp³-hybridized carbons (Fsp3) is 0.600. The number of hydrogen-bond donors (Lipinski definition) is 1. The molecule has 1 atom stereocenters. The predicted octanol–water partition coefficient (Wildman–Crippen LogP) is 2.96. The van der Waals surface area contributed by atoms with Crippen LogP contribution in [0.15, 0.2) is 24.3 Å². The van der Waals surface area contributed by atoms with Gasteiger partial charge in [0.15, 0.2) is 0 Å². The highest BCUT2D eigenvalue weighted by Crippen LogP contribution is 2.28. The Kier molecular flexibility index (Phi) is 3.43. The van der Waals surface area contributed by atoms with Gasteiger partial charge in [-0.25, -0.2) is 0 Å². The van der Waals surface area contributed by atoms with Crippen LogP contribution in [0.3, 0.4) is 0 Å². The van der Waals surface area contributed by atoms with Crippen LogP contribution in [0.5, 0.6) is 0 Å². The van der Waals surface area contributed by atoms with Gasteiger partial charge in [-0.05, 0) is 58.4 Å². The van der Waals surface area contributed by atoms with Crippen molar-refractivity contribution in [1.29, 1.82) is 0 Å². The zero-order valence-corrected chi connectivity index (χ0v) is 11.5. The van der Waals surface area contributed by atoms with Crippen molar-refractivity contribution in [2.24, 2.45) is 0 Å². The molecule has 0 aliphatic carbocycles. The molecule has 1 unspecified atom stereocenters. The largest absolute Gasteiger partial charge is 0.365 e.